The number of hydrogen-bond acceptors (Lipinski definition) is 15. The molecular formula is C54H101N3O15P2. The Kier molecular flexibility index (Phi) is 37.5. The van der Waals surface area contributed by atoms with E-state index >= 15 is 0 Å². The number of unbranched alkanes of at least 4 members (excludes halogenated alkanes) is 27. The van der Waals surface area contributed by atoms with Crippen molar-refractivity contribution in [3.8, 4) is 0 Å². The maximum Gasteiger partial charge on any atom is 0.481 e. The van der Waals surface area contributed by atoms with E-state index in [0.717, 1.165) is 67.8 Å². The Labute approximate surface area is 444 Å². The molecule has 0 spiro atoms. The van der Waals surface area contributed by atoms with Crippen LogP contribution in [0.4, 0.5) is 5.82 Å². The zero-order valence-electron chi connectivity index (χ0n) is 46.0. The van der Waals surface area contributed by atoms with Crippen molar-refractivity contribution in [1.82, 2.24) is 9.55 Å². The smallest absolute Gasteiger partial charge is 0.462 e. The summed E-state index contributed by atoms with van der Waals surface area (Å²) in [6.07, 6.45) is 31.7. The van der Waals surface area contributed by atoms with Crippen LogP contribution < -0.4 is 11.4 Å². The van der Waals surface area contributed by atoms with Crippen molar-refractivity contribution in [2.45, 2.75) is 277 Å². The minimum atomic E-state index is -5.42. The van der Waals surface area contributed by atoms with Crippen LogP contribution in [0.1, 0.15) is 252 Å². The second kappa shape index (κ2) is 40.9. The van der Waals surface area contributed by atoms with Crippen LogP contribution in [0.15, 0.2) is 17.1 Å². The summed E-state index contributed by atoms with van der Waals surface area (Å²) in [5, 5.41) is 21.0. The number of anilines is 1. The molecule has 0 radical (unpaired) electrons. The molecule has 432 valence electrons. The maximum atomic E-state index is 12.9. The maximum absolute atomic E-state index is 12.9. The molecule has 2 heterocycles. The average molecular weight is 1090 g/mol. The van der Waals surface area contributed by atoms with E-state index < -0.39 is 83.7 Å². The minimum absolute atomic E-state index is 0.0575. The topological polar surface area (TPSA) is 265 Å². The predicted octanol–water partition coefficient (Wildman–Crippen LogP) is 12.7. The van der Waals surface area contributed by atoms with Crippen LogP contribution in [0, 0.1) is 11.8 Å². The number of phosphoric ester groups is 2. The number of esters is 2. The third-order valence-electron chi connectivity index (χ3n) is 13.9. The first-order valence-electron chi connectivity index (χ1n) is 28.8. The normalized spacial score (nSPS) is 19.3. The van der Waals surface area contributed by atoms with Gasteiger partial charge in [0.05, 0.1) is 13.2 Å². The zero-order valence-corrected chi connectivity index (χ0v) is 47.8. The molecule has 1 saturated heterocycles. The number of hydrogen-bond donors (Lipinski definition) is 5. The van der Waals surface area contributed by atoms with Crippen molar-refractivity contribution in [1.29, 1.82) is 0 Å². The largest absolute Gasteiger partial charge is 0.481 e. The van der Waals surface area contributed by atoms with Crippen molar-refractivity contribution in [3.05, 3.63) is 22.7 Å². The number of rotatable bonds is 48. The summed E-state index contributed by atoms with van der Waals surface area (Å²) in [5.41, 5.74) is 4.60. The summed E-state index contributed by atoms with van der Waals surface area (Å²) in [6.45, 7) is 6.90. The Bertz CT molecular complexity index is 1770. The summed E-state index contributed by atoms with van der Waals surface area (Å²) in [7, 11) is -10.8. The number of aliphatic hydroxyl groups is 2. The molecule has 0 aromatic carbocycles. The number of nitrogen functional groups attached to an aromatic ring is 1. The van der Waals surface area contributed by atoms with Crippen molar-refractivity contribution >= 4 is 33.4 Å². The molecule has 1 aromatic rings. The van der Waals surface area contributed by atoms with Gasteiger partial charge in [-0.2, -0.15) is 9.29 Å². The van der Waals surface area contributed by atoms with E-state index in [2.05, 4.69) is 37.0 Å². The SMILES string of the molecule is CCC(C)CCCCCCCCCCCCCCCCC(=O)O[C@H](COC(=O)CCCCCCCCCCCCCCCCCC(C)C)COP(=O)(O)OP(=O)(O)OC[C@H]1O[C@@H](n2ccc(N)nc2=O)C(O)[C@H]1O. The number of carbonyl (C=O) groups excluding carboxylic acids is 2. The molecule has 0 amide bonds. The van der Waals surface area contributed by atoms with E-state index in [1.54, 1.807) is 0 Å². The van der Waals surface area contributed by atoms with Crippen LogP contribution in [0.5, 0.6) is 0 Å². The van der Waals surface area contributed by atoms with Crippen LogP contribution in [0.3, 0.4) is 0 Å². The highest BCUT2D eigenvalue weighted by Crippen LogP contribution is 2.60. The number of phosphoric acid groups is 2. The van der Waals surface area contributed by atoms with Gasteiger partial charge in [0, 0.05) is 19.0 Å². The lowest BCUT2D eigenvalue weighted by Crippen LogP contribution is -2.36. The van der Waals surface area contributed by atoms with Crippen LogP contribution in [-0.4, -0.2) is 85.7 Å². The third-order valence-corrected chi connectivity index (χ3v) is 16.5. The summed E-state index contributed by atoms with van der Waals surface area (Å²) in [5.74, 6) is 0.378. The summed E-state index contributed by atoms with van der Waals surface area (Å²) in [6, 6.07) is 1.25. The van der Waals surface area contributed by atoms with Gasteiger partial charge in [-0.05, 0) is 30.7 Å². The number of aliphatic hydroxyl groups excluding tert-OH is 2. The Morgan fingerprint density at radius 2 is 1.08 bits per heavy atom. The summed E-state index contributed by atoms with van der Waals surface area (Å²) >= 11 is 0. The fourth-order valence-corrected chi connectivity index (χ4v) is 11.2. The second-order valence-corrected chi connectivity index (χ2v) is 24.3. The molecule has 1 aromatic heterocycles. The van der Waals surface area contributed by atoms with Crippen LogP contribution in [0.25, 0.3) is 0 Å². The molecule has 0 aliphatic carbocycles. The molecule has 1 fully saturated rings. The second-order valence-electron chi connectivity index (χ2n) is 21.2. The van der Waals surface area contributed by atoms with E-state index in [0.29, 0.717) is 12.8 Å². The van der Waals surface area contributed by atoms with E-state index in [-0.39, 0.29) is 18.7 Å². The fourth-order valence-electron chi connectivity index (χ4n) is 9.07. The first-order valence-corrected chi connectivity index (χ1v) is 31.8. The van der Waals surface area contributed by atoms with Crippen molar-refractivity contribution in [2.24, 2.45) is 11.8 Å². The Hall–Kier alpha value is -2.24. The van der Waals surface area contributed by atoms with Gasteiger partial charge in [-0.15, -0.1) is 0 Å². The molecule has 8 atom stereocenters. The standard InChI is InChI=1S/C54H101N3O15P2/c1-5-45(4)36-32-28-24-20-16-12-9-10-14-18-22-26-30-34-38-50(59)70-46(41-67-49(58)37-33-29-25-21-17-13-8-6-7-11-15-19-23-27-31-35-44(2)3)42-68-73(63,64)72-74(65,66)69-43-47-51(60)52(61)53(71-47)57-40-39-48(55)56-54(57)62/h39-40,44-47,51-53,60-61H,5-38,41-43H2,1-4H3,(H,63,64)(H,65,66)(H2,55,56,62)/t45?,46-,47-,51+,52?,53-/m1/s1. The molecular weight excluding hydrogens is 993 g/mol. The molecule has 4 unspecified atom stereocenters. The van der Waals surface area contributed by atoms with Gasteiger partial charge in [-0.25, -0.2) is 13.9 Å². The summed E-state index contributed by atoms with van der Waals surface area (Å²) < 4.78 is 57.0. The van der Waals surface area contributed by atoms with E-state index in [4.69, 9.17) is 29.0 Å². The van der Waals surface area contributed by atoms with Gasteiger partial charge in [0.15, 0.2) is 12.3 Å². The molecule has 0 bridgehead atoms. The molecule has 1 aliphatic rings. The Balaban J connectivity index is 1.74. The van der Waals surface area contributed by atoms with E-state index in [9.17, 15) is 43.5 Å². The monoisotopic (exact) mass is 1090 g/mol. The van der Waals surface area contributed by atoms with Crippen LogP contribution >= 0.6 is 15.6 Å². The van der Waals surface area contributed by atoms with E-state index in [1.807, 2.05) is 0 Å². The Morgan fingerprint density at radius 3 is 1.54 bits per heavy atom. The number of carbonyl (C=O) groups is 2. The highest BCUT2D eigenvalue weighted by Gasteiger charge is 2.46. The van der Waals surface area contributed by atoms with E-state index in [1.165, 1.54) is 154 Å². The number of ether oxygens (including phenoxy) is 3. The van der Waals surface area contributed by atoms with Crippen LogP contribution in [0.2, 0.25) is 0 Å². The lowest BCUT2D eigenvalue weighted by molar-refractivity contribution is -0.161. The molecule has 20 heteroatoms. The van der Waals surface area contributed by atoms with Crippen molar-refractivity contribution in [3.63, 3.8) is 0 Å². The number of nitrogens with zero attached hydrogens (tertiary/aromatic N) is 2. The lowest BCUT2D eigenvalue weighted by atomic mass is 9.99. The first kappa shape index (κ1) is 67.9. The molecule has 1 aliphatic heterocycles. The van der Waals surface area contributed by atoms with Gasteiger partial charge < -0.3 is 39.9 Å². The van der Waals surface area contributed by atoms with Crippen molar-refractivity contribution in [2.75, 3.05) is 25.6 Å². The van der Waals surface area contributed by atoms with Gasteiger partial charge in [0.1, 0.15) is 30.7 Å². The predicted molar refractivity (Wildman–Crippen MR) is 289 cm³/mol. The van der Waals surface area contributed by atoms with Gasteiger partial charge in [-0.1, -0.05) is 220 Å². The third kappa shape index (κ3) is 33.8. The number of aromatic nitrogens is 2. The van der Waals surface area contributed by atoms with Crippen molar-refractivity contribution < 1.29 is 66.3 Å². The molecule has 74 heavy (non-hydrogen) atoms. The lowest BCUT2D eigenvalue weighted by Gasteiger charge is -2.21. The highest BCUT2D eigenvalue weighted by molar-refractivity contribution is 7.61. The fraction of sp³-hybridized carbons (Fsp3) is 0.889. The summed E-state index contributed by atoms with van der Waals surface area (Å²) in [4.78, 5) is 62.1. The zero-order chi connectivity index (χ0) is 54.5. The average Bonchev–Trinajstić information content (AvgIpc) is 3.63. The molecule has 18 nitrogen and oxygen atoms in total. The molecule has 2 rings (SSSR count). The van der Waals surface area contributed by atoms with Gasteiger partial charge in [0.25, 0.3) is 0 Å². The molecule has 0 saturated carbocycles. The van der Waals surface area contributed by atoms with Gasteiger partial charge in [0.2, 0.25) is 0 Å². The minimum Gasteiger partial charge on any atom is -0.462 e. The van der Waals surface area contributed by atoms with Gasteiger partial charge in [-0.3, -0.25) is 23.2 Å². The first-order chi connectivity index (χ1) is 35.4. The molecule has 6 N–H and O–H groups in total. The Morgan fingerprint density at radius 1 is 0.649 bits per heavy atom. The number of nitrogens with two attached hydrogens (primary N) is 1. The van der Waals surface area contributed by atoms with Crippen LogP contribution in [-0.2, 0) is 46.3 Å². The quantitative estimate of drug-likeness (QED) is 0.0231. The highest BCUT2D eigenvalue weighted by atomic mass is 31.3. The van der Waals surface area contributed by atoms with Gasteiger partial charge >= 0.3 is 33.3 Å².